The van der Waals surface area contributed by atoms with Crippen LogP contribution in [0.5, 0.6) is 0 Å². The summed E-state index contributed by atoms with van der Waals surface area (Å²) in [7, 11) is 1.85. The lowest BCUT2D eigenvalue weighted by atomic mass is 10.1. The fourth-order valence-electron chi connectivity index (χ4n) is 2.18. The summed E-state index contributed by atoms with van der Waals surface area (Å²) in [6, 6.07) is 0.649. The van der Waals surface area contributed by atoms with Crippen LogP contribution in [0.4, 0.5) is 0 Å². The molecule has 0 spiro atoms. The predicted octanol–water partition coefficient (Wildman–Crippen LogP) is 2.53. The molecule has 0 bridgehead atoms. The molecular weight excluding hydrogens is 198 g/mol. The average Bonchev–Trinajstić information content (AvgIpc) is 2.75. The molecule has 1 aliphatic rings. The Bertz CT molecular complexity index is 205. The standard InChI is InChI=1S/C13H27N3/c1-11(2)7-6-10-15-13(14-3)16-12-8-4-5-9-12/h11-12H,4-10H2,1-3H3,(H2,14,15,16). The zero-order chi connectivity index (χ0) is 11.8. The number of aliphatic imine (C=N–C) groups is 1. The molecule has 3 heteroatoms. The molecule has 94 valence electrons. The van der Waals surface area contributed by atoms with E-state index in [4.69, 9.17) is 0 Å². The van der Waals surface area contributed by atoms with E-state index in [0.717, 1.165) is 18.4 Å². The third-order valence-electron chi connectivity index (χ3n) is 3.17. The fraction of sp³-hybridized carbons (Fsp3) is 0.923. The summed E-state index contributed by atoms with van der Waals surface area (Å²) in [5, 5.41) is 6.88. The molecule has 1 fully saturated rings. The maximum atomic E-state index is 4.26. The molecule has 0 radical (unpaired) electrons. The van der Waals surface area contributed by atoms with Crippen LogP contribution in [0.3, 0.4) is 0 Å². The smallest absolute Gasteiger partial charge is 0.191 e. The number of guanidine groups is 1. The summed E-state index contributed by atoms with van der Waals surface area (Å²) >= 11 is 0. The van der Waals surface area contributed by atoms with Gasteiger partial charge in [-0.15, -0.1) is 0 Å². The van der Waals surface area contributed by atoms with Gasteiger partial charge in [-0.05, 0) is 31.6 Å². The van der Waals surface area contributed by atoms with Crippen molar-refractivity contribution in [3.63, 3.8) is 0 Å². The largest absolute Gasteiger partial charge is 0.356 e. The third kappa shape index (κ3) is 5.38. The van der Waals surface area contributed by atoms with Crippen molar-refractivity contribution in [2.75, 3.05) is 13.6 Å². The van der Waals surface area contributed by atoms with Gasteiger partial charge in [0.15, 0.2) is 5.96 Å². The van der Waals surface area contributed by atoms with Gasteiger partial charge in [-0.1, -0.05) is 26.7 Å². The lowest BCUT2D eigenvalue weighted by Crippen LogP contribution is -2.42. The lowest BCUT2D eigenvalue weighted by Gasteiger charge is -2.17. The predicted molar refractivity (Wildman–Crippen MR) is 70.8 cm³/mol. The normalized spacial score (nSPS) is 18.1. The quantitative estimate of drug-likeness (QED) is 0.428. The molecule has 1 aliphatic carbocycles. The van der Waals surface area contributed by atoms with Crippen LogP contribution in [0, 0.1) is 5.92 Å². The summed E-state index contributed by atoms with van der Waals surface area (Å²) in [5.74, 6) is 1.78. The van der Waals surface area contributed by atoms with E-state index < -0.39 is 0 Å². The summed E-state index contributed by atoms with van der Waals surface area (Å²) < 4.78 is 0. The Labute approximate surface area is 100 Å². The van der Waals surface area contributed by atoms with Gasteiger partial charge in [-0.25, -0.2) is 0 Å². The van der Waals surface area contributed by atoms with Crippen molar-refractivity contribution < 1.29 is 0 Å². The van der Waals surface area contributed by atoms with E-state index in [9.17, 15) is 0 Å². The van der Waals surface area contributed by atoms with Gasteiger partial charge >= 0.3 is 0 Å². The van der Waals surface area contributed by atoms with E-state index in [1.807, 2.05) is 7.05 Å². The lowest BCUT2D eigenvalue weighted by molar-refractivity contribution is 0.545. The van der Waals surface area contributed by atoms with Crippen LogP contribution in [0.2, 0.25) is 0 Å². The van der Waals surface area contributed by atoms with E-state index in [1.54, 1.807) is 0 Å². The van der Waals surface area contributed by atoms with E-state index in [0.29, 0.717) is 6.04 Å². The molecule has 0 aromatic carbocycles. The van der Waals surface area contributed by atoms with E-state index >= 15 is 0 Å². The van der Waals surface area contributed by atoms with Crippen molar-refractivity contribution in [3.8, 4) is 0 Å². The molecule has 0 heterocycles. The highest BCUT2D eigenvalue weighted by atomic mass is 15.2. The maximum absolute atomic E-state index is 4.26. The minimum atomic E-state index is 0.649. The maximum Gasteiger partial charge on any atom is 0.191 e. The first-order chi connectivity index (χ1) is 7.72. The van der Waals surface area contributed by atoms with Crippen LogP contribution in [0.1, 0.15) is 52.4 Å². The number of nitrogens with one attached hydrogen (secondary N) is 2. The van der Waals surface area contributed by atoms with Crippen LogP contribution in [-0.4, -0.2) is 25.6 Å². The monoisotopic (exact) mass is 225 g/mol. The SMILES string of the molecule is CN=C(NCCCC(C)C)NC1CCCC1. The van der Waals surface area contributed by atoms with Crippen molar-refractivity contribution in [3.05, 3.63) is 0 Å². The number of rotatable bonds is 5. The zero-order valence-corrected chi connectivity index (χ0v) is 11.1. The minimum Gasteiger partial charge on any atom is -0.356 e. The first-order valence-corrected chi connectivity index (χ1v) is 6.69. The first kappa shape index (κ1) is 13.3. The molecule has 1 saturated carbocycles. The van der Waals surface area contributed by atoms with Gasteiger partial charge in [0.2, 0.25) is 0 Å². The molecule has 3 nitrogen and oxygen atoms in total. The Morgan fingerprint density at radius 1 is 1.31 bits per heavy atom. The first-order valence-electron chi connectivity index (χ1n) is 6.69. The summed E-state index contributed by atoms with van der Waals surface area (Å²) in [4.78, 5) is 4.26. The van der Waals surface area contributed by atoms with Gasteiger partial charge in [0.05, 0.1) is 0 Å². The van der Waals surface area contributed by atoms with Gasteiger partial charge < -0.3 is 10.6 Å². The van der Waals surface area contributed by atoms with Crippen LogP contribution in [-0.2, 0) is 0 Å². The topological polar surface area (TPSA) is 36.4 Å². The highest BCUT2D eigenvalue weighted by molar-refractivity contribution is 5.79. The van der Waals surface area contributed by atoms with Crippen molar-refractivity contribution in [2.24, 2.45) is 10.9 Å². The Hall–Kier alpha value is -0.730. The molecular formula is C13H27N3. The highest BCUT2D eigenvalue weighted by Gasteiger charge is 2.15. The Kier molecular flexibility index (Phi) is 6.27. The van der Waals surface area contributed by atoms with Crippen molar-refractivity contribution in [1.29, 1.82) is 0 Å². The molecule has 0 atom stereocenters. The number of hydrogen-bond donors (Lipinski definition) is 2. The van der Waals surface area contributed by atoms with Gasteiger partial charge in [-0.2, -0.15) is 0 Å². The van der Waals surface area contributed by atoms with Gasteiger partial charge in [-0.3, -0.25) is 4.99 Å². The third-order valence-corrected chi connectivity index (χ3v) is 3.17. The molecule has 0 unspecified atom stereocenters. The Morgan fingerprint density at radius 2 is 2.00 bits per heavy atom. The highest BCUT2D eigenvalue weighted by Crippen LogP contribution is 2.17. The second-order valence-electron chi connectivity index (χ2n) is 5.16. The van der Waals surface area contributed by atoms with Crippen LogP contribution in [0.25, 0.3) is 0 Å². The van der Waals surface area contributed by atoms with Gasteiger partial charge in [0.25, 0.3) is 0 Å². The summed E-state index contributed by atoms with van der Waals surface area (Å²) in [6.45, 7) is 5.57. The van der Waals surface area contributed by atoms with E-state index in [-0.39, 0.29) is 0 Å². The van der Waals surface area contributed by atoms with Crippen molar-refractivity contribution >= 4 is 5.96 Å². The molecule has 1 rings (SSSR count). The molecule has 16 heavy (non-hydrogen) atoms. The molecule has 0 aromatic heterocycles. The van der Waals surface area contributed by atoms with Gasteiger partial charge in [0.1, 0.15) is 0 Å². The second kappa shape index (κ2) is 7.53. The molecule has 2 N–H and O–H groups in total. The molecule has 0 amide bonds. The average molecular weight is 225 g/mol. The van der Waals surface area contributed by atoms with E-state index in [2.05, 4.69) is 29.5 Å². The fourth-order valence-corrected chi connectivity index (χ4v) is 2.18. The molecule has 0 saturated heterocycles. The molecule has 0 aliphatic heterocycles. The van der Waals surface area contributed by atoms with E-state index in [1.165, 1.54) is 38.5 Å². The van der Waals surface area contributed by atoms with Gasteiger partial charge in [0, 0.05) is 19.6 Å². The molecule has 0 aromatic rings. The zero-order valence-electron chi connectivity index (χ0n) is 11.1. The summed E-state index contributed by atoms with van der Waals surface area (Å²) in [6.07, 6.45) is 7.83. The number of hydrogen-bond acceptors (Lipinski definition) is 1. The van der Waals surface area contributed by atoms with Crippen LogP contribution >= 0.6 is 0 Å². The Morgan fingerprint density at radius 3 is 2.56 bits per heavy atom. The second-order valence-corrected chi connectivity index (χ2v) is 5.16. The minimum absolute atomic E-state index is 0.649. The van der Waals surface area contributed by atoms with Crippen LogP contribution < -0.4 is 10.6 Å². The number of nitrogens with zero attached hydrogens (tertiary/aromatic N) is 1. The van der Waals surface area contributed by atoms with Crippen molar-refractivity contribution in [1.82, 2.24) is 10.6 Å². The summed E-state index contributed by atoms with van der Waals surface area (Å²) in [5.41, 5.74) is 0. The van der Waals surface area contributed by atoms with Crippen molar-refractivity contribution in [2.45, 2.75) is 58.4 Å². The Balaban J connectivity index is 2.11. The van der Waals surface area contributed by atoms with Crippen LogP contribution in [0.15, 0.2) is 4.99 Å².